The molecule has 0 atom stereocenters. The summed E-state index contributed by atoms with van der Waals surface area (Å²) in [6.07, 6.45) is 0. The lowest BCUT2D eigenvalue weighted by molar-refractivity contribution is 0.802. The number of rotatable bonds is 0. The van der Waals surface area contributed by atoms with Crippen molar-refractivity contribution in [1.29, 1.82) is 0 Å². The molecule has 0 amide bonds. The maximum absolute atomic E-state index is 12.1. The Morgan fingerprint density at radius 1 is 1.44 bits per heavy atom. The van der Waals surface area contributed by atoms with Gasteiger partial charge in [0.2, 0.25) is 0 Å². The quantitative estimate of drug-likeness (QED) is 0.641. The number of hydrogen-bond acceptors (Lipinski definition) is 4. The van der Waals surface area contributed by atoms with Crippen molar-refractivity contribution in [3.8, 4) is 0 Å². The van der Waals surface area contributed by atoms with Gasteiger partial charge in [-0.25, -0.2) is 4.98 Å². The second-order valence-corrected chi connectivity index (χ2v) is 4.54. The number of nitrogens with one attached hydrogen (secondary N) is 1. The highest BCUT2D eigenvalue weighted by Crippen LogP contribution is 2.32. The van der Waals surface area contributed by atoms with Crippen LogP contribution in [-0.4, -0.2) is 19.7 Å². The molecule has 2 aromatic heterocycles. The van der Waals surface area contributed by atoms with Gasteiger partial charge < -0.3 is 10.7 Å². The predicted octanol–water partition coefficient (Wildman–Crippen LogP) is 1.35. The standard InChI is InChI=1S/C11H10ClN5O/c1-4-14-6-3-5(12)9-8(7(6)11(18)15-4)10(13)16-17(9)2/h3H,1-2H3,(H2,13,16)(H,14,15,18). The molecule has 18 heavy (non-hydrogen) atoms. The molecule has 0 fully saturated rings. The molecule has 0 saturated carbocycles. The number of fused-ring (bicyclic) bond motifs is 3. The van der Waals surface area contributed by atoms with Gasteiger partial charge in [0.25, 0.3) is 5.56 Å². The molecule has 3 aromatic rings. The topological polar surface area (TPSA) is 89.6 Å². The number of benzene rings is 1. The number of hydrogen-bond donors (Lipinski definition) is 2. The summed E-state index contributed by atoms with van der Waals surface area (Å²) in [5.41, 5.74) is 6.77. The van der Waals surface area contributed by atoms with Crippen molar-refractivity contribution in [3.63, 3.8) is 0 Å². The Labute approximate surface area is 106 Å². The zero-order chi connectivity index (χ0) is 13.0. The Bertz CT molecular complexity index is 848. The normalized spacial score (nSPS) is 11.5. The highest BCUT2D eigenvalue weighted by molar-refractivity contribution is 6.37. The maximum atomic E-state index is 12.1. The number of anilines is 1. The van der Waals surface area contributed by atoms with Gasteiger partial charge in [0.1, 0.15) is 5.82 Å². The highest BCUT2D eigenvalue weighted by Gasteiger charge is 2.16. The van der Waals surface area contributed by atoms with Gasteiger partial charge in [0, 0.05) is 7.05 Å². The van der Waals surface area contributed by atoms with E-state index in [1.807, 2.05) is 0 Å². The molecule has 3 N–H and O–H groups in total. The smallest absolute Gasteiger partial charge is 0.259 e. The first kappa shape index (κ1) is 11.0. The van der Waals surface area contributed by atoms with Gasteiger partial charge in [-0.3, -0.25) is 9.48 Å². The van der Waals surface area contributed by atoms with Crippen molar-refractivity contribution in [2.45, 2.75) is 6.92 Å². The van der Waals surface area contributed by atoms with E-state index in [1.54, 1.807) is 24.7 Å². The van der Waals surface area contributed by atoms with E-state index in [-0.39, 0.29) is 11.4 Å². The summed E-state index contributed by atoms with van der Waals surface area (Å²) in [5, 5.41) is 5.54. The van der Waals surface area contributed by atoms with Crippen LogP contribution in [0.1, 0.15) is 5.82 Å². The third-order valence-electron chi connectivity index (χ3n) is 2.88. The summed E-state index contributed by atoms with van der Waals surface area (Å²) in [5.74, 6) is 0.807. The lowest BCUT2D eigenvalue weighted by Crippen LogP contribution is -2.10. The van der Waals surface area contributed by atoms with Crippen molar-refractivity contribution in [2.24, 2.45) is 7.05 Å². The highest BCUT2D eigenvalue weighted by atomic mass is 35.5. The maximum Gasteiger partial charge on any atom is 0.259 e. The lowest BCUT2D eigenvalue weighted by Gasteiger charge is -2.03. The van der Waals surface area contributed by atoms with E-state index in [2.05, 4.69) is 15.1 Å². The molecule has 0 unspecified atom stereocenters. The molecule has 0 aliphatic rings. The number of H-pyrrole nitrogens is 1. The fourth-order valence-electron chi connectivity index (χ4n) is 2.21. The van der Waals surface area contributed by atoms with Crippen LogP contribution in [0.4, 0.5) is 5.82 Å². The van der Waals surface area contributed by atoms with Crippen LogP contribution in [-0.2, 0) is 7.05 Å². The first-order chi connectivity index (χ1) is 8.49. The molecular formula is C11H10ClN5O. The molecule has 0 spiro atoms. The molecule has 0 radical (unpaired) electrons. The molecule has 1 aromatic carbocycles. The Morgan fingerprint density at radius 3 is 2.89 bits per heavy atom. The fourth-order valence-corrected chi connectivity index (χ4v) is 2.53. The monoisotopic (exact) mass is 263 g/mol. The molecule has 92 valence electrons. The Balaban J connectivity index is 2.73. The molecule has 6 nitrogen and oxygen atoms in total. The number of aromatic amines is 1. The molecule has 7 heteroatoms. The molecule has 0 bridgehead atoms. The number of aryl methyl sites for hydroxylation is 2. The van der Waals surface area contributed by atoms with Crippen LogP contribution in [0.25, 0.3) is 21.8 Å². The fraction of sp³-hybridized carbons (Fsp3) is 0.182. The molecule has 3 rings (SSSR count). The van der Waals surface area contributed by atoms with Crippen LogP contribution < -0.4 is 11.3 Å². The van der Waals surface area contributed by atoms with Crippen LogP contribution in [0.15, 0.2) is 10.9 Å². The average molecular weight is 264 g/mol. The second kappa shape index (κ2) is 3.46. The zero-order valence-corrected chi connectivity index (χ0v) is 10.5. The zero-order valence-electron chi connectivity index (χ0n) is 9.78. The third kappa shape index (κ3) is 1.32. The lowest BCUT2D eigenvalue weighted by atomic mass is 10.1. The predicted molar refractivity (Wildman–Crippen MR) is 70.8 cm³/mol. The molecule has 0 aliphatic heterocycles. The van der Waals surface area contributed by atoms with Crippen molar-refractivity contribution in [3.05, 3.63) is 27.3 Å². The van der Waals surface area contributed by atoms with E-state index in [4.69, 9.17) is 17.3 Å². The number of nitrogens with two attached hydrogens (primary N) is 1. The van der Waals surface area contributed by atoms with Crippen molar-refractivity contribution in [2.75, 3.05) is 5.73 Å². The first-order valence-corrected chi connectivity index (χ1v) is 5.68. The van der Waals surface area contributed by atoms with Crippen LogP contribution in [0.3, 0.4) is 0 Å². The van der Waals surface area contributed by atoms with Gasteiger partial charge in [0.15, 0.2) is 5.82 Å². The number of nitrogen functional groups attached to an aromatic ring is 1. The number of aromatic nitrogens is 4. The van der Waals surface area contributed by atoms with Gasteiger partial charge in [-0.05, 0) is 13.0 Å². The van der Waals surface area contributed by atoms with E-state index in [0.29, 0.717) is 32.7 Å². The van der Waals surface area contributed by atoms with E-state index in [1.165, 1.54) is 0 Å². The summed E-state index contributed by atoms with van der Waals surface area (Å²) in [6.45, 7) is 1.71. The van der Waals surface area contributed by atoms with E-state index in [9.17, 15) is 4.79 Å². The molecule has 0 saturated heterocycles. The second-order valence-electron chi connectivity index (χ2n) is 4.14. The van der Waals surface area contributed by atoms with Crippen molar-refractivity contribution < 1.29 is 0 Å². The van der Waals surface area contributed by atoms with Gasteiger partial charge in [-0.15, -0.1) is 0 Å². The van der Waals surface area contributed by atoms with Crippen LogP contribution in [0, 0.1) is 6.92 Å². The largest absolute Gasteiger partial charge is 0.382 e. The summed E-state index contributed by atoms with van der Waals surface area (Å²) in [6, 6.07) is 1.66. The summed E-state index contributed by atoms with van der Waals surface area (Å²) in [4.78, 5) is 19.0. The van der Waals surface area contributed by atoms with E-state index in [0.717, 1.165) is 0 Å². The van der Waals surface area contributed by atoms with Crippen LogP contribution in [0.2, 0.25) is 5.02 Å². The SMILES string of the molecule is Cc1nc2cc(Cl)c3c(c(N)nn3C)c2c(=O)[nH]1. The molecule has 2 heterocycles. The molecular weight excluding hydrogens is 254 g/mol. The third-order valence-corrected chi connectivity index (χ3v) is 3.17. The summed E-state index contributed by atoms with van der Waals surface area (Å²) < 4.78 is 1.56. The minimum atomic E-state index is -0.237. The van der Waals surface area contributed by atoms with Gasteiger partial charge in [0.05, 0.1) is 26.8 Å². The van der Waals surface area contributed by atoms with Gasteiger partial charge in [-0.1, -0.05) is 11.6 Å². The Kier molecular flexibility index (Phi) is 2.12. The minimum Gasteiger partial charge on any atom is -0.382 e. The van der Waals surface area contributed by atoms with Crippen LogP contribution >= 0.6 is 11.6 Å². The van der Waals surface area contributed by atoms with Crippen molar-refractivity contribution in [1.82, 2.24) is 19.7 Å². The van der Waals surface area contributed by atoms with E-state index < -0.39 is 0 Å². The molecule has 0 aliphatic carbocycles. The minimum absolute atomic E-state index is 0.237. The number of nitrogens with zero attached hydrogens (tertiary/aromatic N) is 3. The van der Waals surface area contributed by atoms with Gasteiger partial charge >= 0.3 is 0 Å². The Morgan fingerprint density at radius 2 is 2.17 bits per heavy atom. The first-order valence-electron chi connectivity index (χ1n) is 5.30. The summed E-state index contributed by atoms with van der Waals surface area (Å²) >= 11 is 6.19. The Hall–Kier alpha value is -2.08. The average Bonchev–Trinajstić information content (AvgIpc) is 2.53. The number of halogens is 1. The van der Waals surface area contributed by atoms with Crippen molar-refractivity contribution >= 4 is 39.2 Å². The van der Waals surface area contributed by atoms with Gasteiger partial charge in [-0.2, -0.15) is 5.10 Å². The van der Waals surface area contributed by atoms with Crippen LogP contribution in [0.5, 0.6) is 0 Å². The summed E-state index contributed by atoms with van der Waals surface area (Å²) in [7, 11) is 1.73. The van der Waals surface area contributed by atoms with E-state index >= 15 is 0 Å².